The van der Waals surface area contributed by atoms with E-state index in [0.717, 1.165) is 22.2 Å². The van der Waals surface area contributed by atoms with Gasteiger partial charge in [0.25, 0.3) is 5.69 Å². The van der Waals surface area contributed by atoms with Gasteiger partial charge in [-0.15, -0.1) is 0 Å². The van der Waals surface area contributed by atoms with Crippen LogP contribution in [0.2, 0.25) is 0 Å². The molecule has 3 heterocycles. The largest absolute Gasteiger partial charge is 0.494 e. The molecule has 1 saturated heterocycles. The maximum absolute atomic E-state index is 12.1. The molecule has 0 radical (unpaired) electrons. The Bertz CT molecular complexity index is 1550. The molecule has 0 spiro atoms. The maximum atomic E-state index is 12.1. The van der Waals surface area contributed by atoms with Crippen LogP contribution in [0.1, 0.15) is 6.42 Å². The van der Waals surface area contributed by atoms with Crippen LogP contribution in [0, 0.1) is 10.1 Å². The van der Waals surface area contributed by atoms with Crippen molar-refractivity contribution in [2.24, 2.45) is 12.9 Å². The van der Waals surface area contributed by atoms with Crippen LogP contribution in [-0.4, -0.2) is 70.1 Å². The molecule has 5 rings (SSSR count). The van der Waals surface area contributed by atoms with Crippen molar-refractivity contribution in [3.05, 3.63) is 65.0 Å². The number of aryl methyl sites for hydroxylation is 1. The van der Waals surface area contributed by atoms with Crippen LogP contribution in [0.25, 0.3) is 22.2 Å². The molecule has 0 aliphatic carbocycles. The Hall–Kier alpha value is -4.75. The first-order valence-electron chi connectivity index (χ1n) is 12.9. The van der Waals surface area contributed by atoms with Gasteiger partial charge < -0.3 is 19.5 Å². The highest BCUT2D eigenvalue weighted by atomic mass is 16.6. The molecule has 2 aromatic carbocycles. The number of hydrazine groups is 1. The number of nitro benzene ring substituents is 1. The Kier molecular flexibility index (Phi) is 7.75. The Morgan fingerprint density at radius 2 is 1.95 bits per heavy atom. The van der Waals surface area contributed by atoms with Crippen LogP contribution >= 0.6 is 0 Å². The maximum Gasteiger partial charge on any atom is 0.294 e. The van der Waals surface area contributed by atoms with Gasteiger partial charge in [0.1, 0.15) is 11.4 Å². The van der Waals surface area contributed by atoms with E-state index < -0.39 is 4.92 Å². The minimum absolute atomic E-state index is 0.0514. The molecular formula is C27H31N9O4. The number of benzene rings is 2. The first kappa shape index (κ1) is 26.8. The number of aromatic nitrogens is 3. The zero-order chi connectivity index (χ0) is 28.2. The average molecular weight is 546 g/mol. The summed E-state index contributed by atoms with van der Waals surface area (Å²) in [5, 5.41) is 16.3. The molecule has 0 bridgehead atoms. The van der Waals surface area contributed by atoms with Crippen molar-refractivity contribution in [2.45, 2.75) is 6.42 Å². The number of nitro groups is 1. The summed E-state index contributed by atoms with van der Waals surface area (Å²) >= 11 is 0. The number of nitrogens with zero attached hydrogens (tertiary/aromatic N) is 6. The third-order valence-electron chi connectivity index (χ3n) is 7.10. The number of carbonyl (C=O) groups excluding carboxylic acids is 1. The van der Waals surface area contributed by atoms with E-state index in [1.165, 1.54) is 13.2 Å². The number of nitrogens with one attached hydrogen (secondary N) is 2. The van der Waals surface area contributed by atoms with E-state index >= 15 is 0 Å². The second kappa shape index (κ2) is 11.6. The third-order valence-corrected chi connectivity index (χ3v) is 7.10. The predicted octanol–water partition coefficient (Wildman–Crippen LogP) is 2.80. The molecule has 0 unspecified atom stereocenters. The number of amides is 1. The summed E-state index contributed by atoms with van der Waals surface area (Å²) in [7, 11) is 3.50. The van der Waals surface area contributed by atoms with Crippen molar-refractivity contribution in [3.8, 4) is 17.0 Å². The standard InChI is InChI=1S/C27H31N9O4/c1-33-17-19(18-5-3-4-6-22(18)33)20-7-9-29-27(30-20)31-21-15-24(36(38)39)23(16-25(21)40-2)35-13-11-34(12-14-35)10-8-26(37)32-28/h3-7,9,15-17H,8,10-14,28H2,1-2H3,(H,32,37)(H,29,30,31). The number of fused-ring (bicyclic) bond motifs is 1. The van der Waals surface area contributed by atoms with Gasteiger partial charge in [-0.3, -0.25) is 25.2 Å². The van der Waals surface area contributed by atoms with E-state index in [-0.39, 0.29) is 11.6 Å². The van der Waals surface area contributed by atoms with Crippen molar-refractivity contribution in [1.82, 2.24) is 24.9 Å². The van der Waals surface area contributed by atoms with Gasteiger partial charge in [-0.2, -0.15) is 0 Å². The zero-order valence-corrected chi connectivity index (χ0v) is 22.3. The van der Waals surface area contributed by atoms with Gasteiger partial charge in [-0.05, 0) is 12.1 Å². The lowest BCUT2D eigenvalue weighted by Gasteiger charge is -2.35. The summed E-state index contributed by atoms with van der Waals surface area (Å²) in [6.45, 7) is 3.02. The van der Waals surface area contributed by atoms with Crippen molar-refractivity contribution in [2.75, 3.05) is 50.1 Å². The van der Waals surface area contributed by atoms with E-state index in [0.29, 0.717) is 62.2 Å². The average Bonchev–Trinajstić information content (AvgIpc) is 3.32. The molecule has 40 heavy (non-hydrogen) atoms. The normalized spacial score (nSPS) is 13.8. The molecular weight excluding hydrogens is 514 g/mol. The number of hydrogen-bond acceptors (Lipinski definition) is 10. The molecule has 13 nitrogen and oxygen atoms in total. The summed E-state index contributed by atoms with van der Waals surface area (Å²) in [5.74, 6) is 5.66. The highest BCUT2D eigenvalue weighted by Gasteiger charge is 2.27. The van der Waals surface area contributed by atoms with Gasteiger partial charge in [0, 0.05) is 87.2 Å². The van der Waals surface area contributed by atoms with Crippen LogP contribution < -0.4 is 26.2 Å². The van der Waals surface area contributed by atoms with Crippen LogP contribution in [-0.2, 0) is 11.8 Å². The molecule has 13 heteroatoms. The summed E-state index contributed by atoms with van der Waals surface area (Å²) in [4.78, 5) is 36.3. The fraction of sp³-hybridized carbons (Fsp3) is 0.296. The van der Waals surface area contributed by atoms with E-state index in [9.17, 15) is 14.9 Å². The van der Waals surface area contributed by atoms with Crippen LogP contribution in [0.5, 0.6) is 5.75 Å². The molecule has 4 N–H and O–H groups in total. The minimum atomic E-state index is -0.398. The fourth-order valence-corrected chi connectivity index (χ4v) is 5.00. The molecule has 1 aliphatic rings. The van der Waals surface area contributed by atoms with E-state index in [1.807, 2.05) is 53.0 Å². The summed E-state index contributed by atoms with van der Waals surface area (Å²) in [5.41, 5.74) is 5.70. The molecule has 1 amide bonds. The number of nitrogens with two attached hydrogens (primary N) is 1. The van der Waals surface area contributed by atoms with Gasteiger partial charge in [0.05, 0.1) is 23.4 Å². The van der Waals surface area contributed by atoms with Gasteiger partial charge >= 0.3 is 0 Å². The monoisotopic (exact) mass is 545 g/mol. The molecule has 0 atom stereocenters. The van der Waals surface area contributed by atoms with Gasteiger partial charge in [0.2, 0.25) is 11.9 Å². The van der Waals surface area contributed by atoms with Crippen molar-refractivity contribution in [3.63, 3.8) is 0 Å². The number of piperazine rings is 1. The lowest BCUT2D eigenvalue weighted by Crippen LogP contribution is -2.47. The first-order valence-corrected chi connectivity index (χ1v) is 12.9. The molecule has 2 aromatic heterocycles. The number of anilines is 3. The van der Waals surface area contributed by atoms with Crippen LogP contribution in [0.15, 0.2) is 54.9 Å². The third kappa shape index (κ3) is 5.51. The summed E-state index contributed by atoms with van der Waals surface area (Å²) < 4.78 is 7.66. The Labute approximate surface area is 230 Å². The number of methoxy groups -OCH3 is 1. The molecule has 1 fully saturated rings. The summed E-state index contributed by atoms with van der Waals surface area (Å²) in [6.07, 6.45) is 3.97. The second-order valence-corrected chi connectivity index (χ2v) is 9.51. The van der Waals surface area contributed by atoms with Crippen molar-refractivity contribution < 1.29 is 14.5 Å². The highest BCUT2D eigenvalue weighted by molar-refractivity contribution is 5.95. The van der Waals surface area contributed by atoms with Gasteiger partial charge in [-0.25, -0.2) is 15.8 Å². The summed E-state index contributed by atoms with van der Waals surface area (Å²) in [6, 6.07) is 13.0. The number of ether oxygens (including phenoxy) is 1. The second-order valence-electron chi connectivity index (χ2n) is 9.51. The van der Waals surface area contributed by atoms with Gasteiger partial charge in [0.15, 0.2) is 0 Å². The lowest BCUT2D eigenvalue weighted by atomic mass is 10.1. The number of hydrogen-bond donors (Lipinski definition) is 3. The molecule has 208 valence electrons. The number of para-hydroxylation sites is 1. The number of carbonyl (C=O) groups is 1. The smallest absolute Gasteiger partial charge is 0.294 e. The van der Waals surface area contributed by atoms with Crippen molar-refractivity contribution in [1.29, 1.82) is 0 Å². The highest BCUT2D eigenvalue weighted by Crippen LogP contribution is 2.40. The van der Waals surface area contributed by atoms with E-state index in [4.69, 9.17) is 15.6 Å². The topological polar surface area (TPSA) is 157 Å². The van der Waals surface area contributed by atoms with Crippen LogP contribution in [0.4, 0.5) is 23.0 Å². The van der Waals surface area contributed by atoms with Crippen LogP contribution in [0.3, 0.4) is 0 Å². The Morgan fingerprint density at radius 1 is 1.18 bits per heavy atom. The fourth-order valence-electron chi connectivity index (χ4n) is 5.00. The first-order chi connectivity index (χ1) is 19.4. The van der Waals surface area contributed by atoms with Crippen molar-refractivity contribution >= 4 is 39.8 Å². The SMILES string of the molecule is COc1cc(N2CCN(CCC(=O)NN)CC2)c([N+](=O)[O-])cc1Nc1nccc(-c2cn(C)c3ccccc23)n1. The lowest BCUT2D eigenvalue weighted by molar-refractivity contribution is -0.384. The predicted molar refractivity (Wildman–Crippen MR) is 152 cm³/mol. The molecule has 4 aromatic rings. The number of rotatable bonds is 9. The quantitative estimate of drug-likeness (QED) is 0.124. The van der Waals surface area contributed by atoms with E-state index in [1.54, 1.807) is 12.3 Å². The Morgan fingerprint density at radius 3 is 2.67 bits per heavy atom. The molecule has 0 saturated carbocycles. The van der Waals surface area contributed by atoms with Gasteiger partial charge in [-0.1, -0.05) is 18.2 Å². The molecule has 1 aliphatic heterocycles. The zero-order valence-electron chi connectivity index (χ0n) is 22.3. The van der Waals surface area contributed by atoms with E-state index in [2.05, 4.69) is 20.6 Å². The minimum Gasteiger partial charge on any atom is -0.494 e. The Balaban J connectivity index is 1.39.